The maximum Gasteiger partial charge on any atom is 0.256 e. The lowest BCUT2D eigenvalue weighted by molar-refractivity contribution is 0.102. The minimum atomic E-state index is -0.362. The summed E-state index contributed by atoms with van der Waals surface area (Å²) in [5.74, 6) is 0.187. The molecule has 0 saturated carbocycles. The summed E-state index contributed by atoms with van der Waals surface area (Å²) in [4.78, 5) is 16.9. The van der Waals surface area contributed by atoms with Crippen molar-refractivity contribution in [1.29, 1.82) is 0 Å². The van der Waals surface area contributed by atoms with E-state index in [-0.39, 0.29) is 16.0 Å². The van der Waals surface area contributed by atoms with Gasteiger partial charge in [-0.25, -0.2) is 0 Å². The van der Waals surface area contributed by atoms with Crippen molar-refractivity contribution in [2.45, 2.75) is 0 Å². The number of fused-ring (bicyclic) bond motifs is 3. The van der Waals surface area contributed by atoms with E-state index in [9.17, 15) is 4.79 Å². The summed E-state index contributed by atoms with van der Waals surface area (Å²) in [5, 5.41) is 4.77. The molecule has 0 bridgehead atoms. The van der Waals surface area contributed by atoms with E-state index in [4.69, 9.17) is 32.4 Å². The molecule has 0 fully saturated rings. The van der Waals surface area contributed by atoms with E-state index in [2.05, 4.69) is 32.9 Å². The van der Waals surface area contributed by atoms with E-state index in [1.54, 1.807) is 19.2 Å². The molecule has 0 atom stereocenters. The second-order valence-corrected chi connectivity index (χ2v) is 7.75. The van der Waals surface area contributed by atoms with Gasteiger partial charge in [-0.05, 0) is 52.9 Å². The number of rotatable bonds is 3. The predicted octanol–water partition coefficient (Wildman–Crippen LogP) is 6.15. The normalized spacial score (nSPS) is 11.1. The average Bonchev–Trinajstić information content (AvgIpc) is 3.02. The van der Waals surface area contributed by atoms with Crippen LogP contribution in [0.5, 0.6) is 5.75 Å². The quantitative estimate of drug-likeness (QED) is 0.334. The fraction of sp³-hybridized carbons (Fsp3) is 0.0526. The van der Waals surface area contributed by atoms with Crippen LogP contribution in [0.25, 0.3) is 21.9 Å². The molecule has 1 amide bonds. The number of nitrogens with one attached hydrogen (secondary N) is 1. The van der Waals surface area contributed by atoms with Gasteiger partial charge in [-0.15, -0.1) is 0 Å². The van der Waals surface area contributed by atoms with Crippen molar-refractivity contribution >= 4 is 79.3 Å². The molecule has 1 N–H and O–H groups in total. The van der Waals surface area contributed by atoms with Gasteiger partial charge in [0.25, 0.3) is 5.91 Å². The molecule has 0 aliphatic heterocycles. The van der Waals surface area contributed by atoms with Gasteiger partial charge in [0.05, 0.1) is 28.4 Å². The van der Waals surface area contributed by atoms with Gasteiger partial charge >= 0.3 is 0 Å². The first-order chi connectivity index (χ1) is 13.0. The van der Waals surface area contributed by atoms with Crippen molar-refractivity contribution in [1.82, 2.24) is 4.98 Å². The summed E-state index contributed by atoms with van der Waals surface area (Å²) >= 11 is 14.5. The number of hydrogen-bond acceptors (Lipinski definition) is 4. The molecule has 0 unspecified atom stereocenters. The number of aromatic nitrogens is 1. The van der Waals surface area contributed by atoms with E-state index >= 15 is 0 Å². The first-order valence-corrected chi connectivity index (χ1v) is 9.62. The molecule has 5 nitrogen and oxygen atoms in total. The maximum atomic E-state index is 13.0. The summed E-state index contributed by atoms with van der Waals surface area (Å²) in [5.41, 5.74) is 1.91. The van der Waals surface area contributed by atoms with Gasteiger partial charge in [0.1, 0.15) is 5.58 Å². The number of hydrogen-bond donors (Lipinski definition) is 1. The predicted molar refractivity (Wildman–Crippen MR) is 115 cm³/mol. The zero-order valence-electron chi connectivity index (χ0n) is 13.8. The minimum Gasteiger partial charge on any atom is -0.493 e. The Bertz CT molecular complexity index is 1190. The number of furan rings is 1. The van der Waals surface area contributed by atoms with Gasteiger partial charge in [-0.3, -0.25) is 9.78 Å². The fourth-order valence-corrected chi connectivity index (χ4v) is 3.84. The smallest absolute Gasteiger partial charge is 0.256 e. The van der Waals surface area contributed by atoms with Crippen molar-refractivity contribution in [2.24, 2.45) is 0 Å². The number of ether oxygens (including phenoxy) is 1. The Morgan fingerprint density at radius 3 is 2.63 bits per heavy atom. The van der Waals surface area contributed by atoms with Crippen LogP contribution in [0.4, 0.5) is 5.69 Å². The highest BCUT2D eigenvalue weighted by Crippen LogP contribution is 2.38. The molecular weight excluding hydrogens is 502 g/mol. The summed E-state index contributed by atoms with van der Waals surface area (Å²) in [7, 11) is 1.56. The number of halogens is 3. The number of anilines is 1. The van der Waals surface area contributed by atoms with Crippen molar-refractivity contribution in [3.8, 4) is 5.75 Å². The lowest BCUT2D eigenvalue weighted by atomic mass is 10.0. The standard InChI is InChI=1S/C19H11Cl2IN2O3/c1-26-15-5-3-10(19(25)24-17-12(20)7-23-8-13(17)21)16-11-6-9(22)2-4-14(11)27-18(15)16/h2-8H,1H3,(H,23,24,25). The van der Waals surface area contributed by atoms with Gasteiger partial charge in [-0.2, -0.15) is 0 Å². The third-order valence-electron chi connectivity index (χ3n) is 4.10. The maximum absolute atomic E-state index is 13.0. The molecule has 2 aromatic heterocycles. The van der Waals surface area contributed by atoms with Crippen LogP contribution in [-0.4, -0.2) is 18.0 Å². The van der Waals surface area contributed by atoms with Crippen LogP contribution in [0, 0.1) is 3.57 Å². The van der Waals surface area contributed by atoms with Crippen molar-refractivity contribution in [2.75, 3.05) is 12.4 Å². The highest BCUT2D eigenvalue weighted by molar-refractivity contribution is 14.1. The molecular formula is C19H11Cl2IN2O3. The van der Waals surface area contributed by atoms with Crippen LogP contribution in [0.1, 0.15) is 10.4 Å². The third-order valence-corrected chi connectivity index (χ3v) is 5.35. The van der Waals surface area contributed by atoms with Crippen LogP contribution >= 0.6 is 45.8 Å². The van der Waals surface area contributed by atoms with E-state index in [1.165, 1.54) is 12.4 Å². The van der Waals surface area contributed by atoms with Gasteiger partial charge in [-0.1, -0.05) is 23.2 Å². The molecule has 0 radical (unpaired) electrons. The van der Waals surface area contributed by atoms with E-state index in [0.717, 1.165) is 8.96 Å². The first-order valence-electron chi connectivity index (χ1n) is 7.78. The molecule has 2 heterocycles. The Labute approximate surface area is 177 Å². The van der Waals surface area contributed by atoms with Crippen molar-refractivity contribution in [3.05, 3.63) is 61.9 Å². The highest BCUT2D eigenvalue weighted by atomic mass is 127. The molecule has 2 aromatic carbocycles. The number of carbonyl (C=O) groups is 1. The van der Waals surface area contributed by atoms with Gasteiger partial charge in [0, 0.05) is 26.7 Å². The molecule has 0 saturated heterocycles. The molecule has 136 valence electrons. The average molecular weight is 513 g/mol. The number of nitrogens with zero attached hydrogens (tertiary/aromatic N) is 1. The fourth-order valence-electron chi connectivity index (χ4n) is 2.89. The van der Waals surface area contributed by atoms with Crippen LogP contribution in [0.15, 0.2) is 47.1 Å². The van der Waals surface area contributed by atoms with Gasteiger partial charge in [0.15, 0.2) is 11.3 Å². The molecule has 8 heteroatoms. The van der Waals surface area contributed by atoms with Crippen molar-refractivity contribution < 1.29 is 13.9 Å². The molecule has 4 rings (SSSR count). The Morgan fingerprint density at radius 2 is 1.93 bits per heavy atom. The topological polar surface area (TPSA) is 64.4 Å². The SMILES string of the molecule is COc1ccc(C(=O)Nc2c(Cl)cncc2Cl)c2c1oc1ccc(I)cc12. The van der Waals surface area contributed by atoms with E-state index in [0.29, 0.717) is 33.6 Å². The Balaban J connectivity index is 1.92. The molecule has 4 aromatic rings. The molecule has 0 spiro atoms. The zero-order valence-corrected chi connectivity index (χ0v) is 17.5. The second-order valence-electron chi connectivity index (χ2n) is 5.69. The summed E-state index contributed by atoms with van der Waals surface area (Å²) < 4.78 is 12.4. The Kier molecular flexibility index (Phi) is 4.88. The number of pyridine rings is 1. The summed E-state index contributed by atoms with van der Waals surface area (Å²) in [6, 6.07) is 9.15. The molecule has 0 aliphatic carbocycles. The lowest BCUT2D eigenvalue weighted by Crippen LogP contribution is -2.13. The van der Waals surface area contributed by atoms with Gasteiger partial charge < -0.3 is 14.5 Å². The molecule has 27 heavy (non-hydrogen) atoms. The highest BCUT2D eigenvalue weighted by Gasteiger charge is 2.21. The summed E-state index contributed by atoms with van der Waals surface area (Å²) in [6.07, 6.45) is 2.84. The second kappa shape index (κ2) is 7.18. The number of methoxy groups -OCH3 is 1. The number of carbonyl (C=O) groups excluding carboxylic acids is 1. The van der Waals surface area contributed by atoms with E-state index in [1.807, 2.05) is 18.2 Å². The Hall–Kier alpha value is -2.03. The lowest BCUT2D eigenvalue weighted by Gasteiger charge is -2.10. The largest absolute Gasteiger partial charge is 0.493 e. The Morgan fingerprint density at radius 1 is 1.19 bits per heavy atom. The monoisotopic (exact) mass is 512 g/mol. The number of benzene rings is 2. The van der Waals surface area contributed by atoms with Gasteiger partial charge in [0.2, 0.25) is 0 Å². The zero-order chi connectivity index (χ0) is 19.1. The first kappa shape index (κ1) is 18.3. The summed E-state index contributed by atoms with van der Waals surface area (Å²) in [6.45, 7) is 0. The van der Waals surface area contributed by atoms with E-state index < -0.39 is 0 Å². The molecule has 0 aliphatic rings. The van der Waals surface area contributed by atoms with Crippen LogP contribution < -0.4 is 10.1 Å². The van der Waals surface area contributed by atoms with Crippen LogP contribution in [0.2, 0.25) is 10.0 Å². The number of amides is 1. The van der Waals surface area contributed by atoms with Crippen molar-refractivity contribution in [3.63, 3.8) is 0 Å². The van der Waals surface area contributed by atoms with Crippen LogP contribution in [-0.2, 0) is 0 Å². The minimum absolute atomic E-state index is 0.257. The van der Waals surface area contributed by atoms with Crippen LogP contribution in [0.3, 0.4) is 0 Å². The third kappa shape index (κ3) is 3.22.